The molecule has 22 heavy (non-hydrogen) atoms. The van der Waals surface area contributed by atoms with E-state index in [-0.39, 0.29) is 12.7 Å². The van der Waals surface area contributed by atoms with Gasteiger partial charge in [-0.1, -0.05) is 30.3 Å². The van der Waals surface area contributed by atoms with E-state index in [1.54, 1.807) is 16.8 Å². The third-order valence-corrected chi connectivity index (χ3v) is 3.27. The summed E-state index contributed by atoms with van der Waals surface area (Å²) < 4.78 is 10.1. The molecule has 0 aliphatic carbocycles. The van der Waals surface area contributed by atoms with Gasteiger partial charge in [0, 0.05) is 26.2 Å². The van der Waals surface area contributed by atoms with Crippen LogP contribution in [0.2, 0.25) is 0 Å². The number of benzene rings is 1. The molecule has 7 heteroatoms. The summed E-state index contributed by atoms with van der Waals surface area (Å²) in [5.41, 5.74) is 3.59. The molecule has 1 saturated heterocycles. The standard InChI is InChI=1S/C15H21N3O4/c1-2-21-14(19)16-18-10-8-17(9-11-18)15(20)22-12-13-6-4-3-5-7-13/h3-7H,2,8-12H2,1H3,(H,16,19). The number of nitrogens with one attached hydrogen (secondary N) is 1. The van der Waals surface area contributed by atoms with Crippen LogP contribution in [0, 0.1) is 0 Å². The second-order valence-corrected chi connectivity index (χ2v) is 4.85. The van der Waals surface area contributed by atoms with Gasteiger partial charge in [0.2, 0.25) is 0 Å². The molecule has 0 saturated carbocycles. The van der Waals surface area contributed by atoms with E-state index in [1.807, 2.05) is 30.3 Å². The van der Waals surface area contributed by atoms with Gasteiger partial charge in [-0.3, -0.25) is 5.43 Å². The number of rotatable bonds is 4. The van der Waals surface area contributed by atoms with Crippen LogP contribution in [0.1, 0.15) is 12.5 Å². The molecule has 2 rings (SSSR count). The molecule has 0 spiro atoms. The number of ether oxygens (including phenoxy) is 2. The van der Waals surface area contributed by atoms with Gasteiger partial charge in [-0.15, -0.1) is 0 Å². The Morgan fingerprint density at radius 1 is 1.09 bits per heavy atom. The Balaban J connectivity index is 1.69. The van der Waals surface area contributed by atoms with Crippen molar-refractivity contribution in [1.82, 2.24) is 15.3 Å². The summed E-state index contributed by atoms with van der Waals surface area (Å²) in [6.45, 7) is 4.43. The second kappa shape index (κ2) is 8.23. The van der Waals surface area contributed by atoms with E-state index in [2.05, 4.69) is 5.43 Å². The normalized spacial score (nSPS) is 15.2. The van der Waals surface area contributed by atoms with E-state index in [4.69, 9.17) is 9.47 Å². The lowest BCUT2D eigenvalue weighted by molar-refractivity contribution is 0.0519. The van der Waals surface area contributed by atoms with Crippen LogP contribution >= 0.6 is 0 Å². The van der Waals surface area contributed by atoms with Crippen LogP contribution < -0.4 is 5.43 Å². The minimum atomic E-state index is -0.470. The molecule has 1 aliphatic heterocycles. The first-order valence-electron chi connectivity index (χ1n) is 7.33. The van der Waals surface area contributed by atoms with E-state index in [1.165, 1.54) is 0 Å². The Bertz CT molecular complexity index is 487. The fourth-order valence-corrected chi connectivity index (χ4v) is 2.10. The molecule has 0 unspecified atom stereocenters. The number of carbonyl (C=O) groups excluding carboxylic acids is 2. The first-order chi connectivity index (χ1) is 10.7. The van der Waals surface area contributed by atoms with E-state index in [0.29, 0.717) is 32.8 Å². The fourth-order valence-electron chi connectivity index (χ4n) is 2.10. The van der Waals surface area contributed by atoms with Crippen molar-refractivity contribution >= 4 is 12.2 Å². The predicted molar refractivity (Wildman–Crippen MR) is 79.9 cm³/mol. The van der Waals surface area contributed by atoms with Gasteiger partial charge in [0.05, 0.1) is 6.61 Å². The minimum Gasteiger partial charge on any atom is -0.449 e. The molecule has 7 nitrogen and oxygen atoms in total. The molecule has 0 radical (unpaired) electrons. The molecule has 1 N–H and O–H groups in total. The molecule has 1 aromatic carbocycles. The molecule has 0 atom stereocenters. The largest absolute Gasteiger partial charge is 0.449 e. The average Bonchev–Trinajstić information content (AvgIpc) is 2.54. The van der Waals surface area contributed by atoms with Gasteiger partial charge in [0.15, 0.2) is 0 Å². The number of hydrazine groups is 1. The number of amides is 2. The predicted octanol–water partition coefficient (Wildman–Crippen LogP) is 1.60. The van der Waals surface area contributed by atoms with Gasteiger partial charge in [0.25, 0.3) is 0 Å². The summed E-state index contributed by atoms with van der Waals surface area (Å²) in [5, 5.41) is 1.74. The Morgan fingerprint density at radius 3 is 2.41 bits per heavy atom. The highest BCUT2D eigenvalue weighted by Crippen LogP contribution is 2.06. The van der Waals surface area contributed by atoms with Crippen molar-refractivity contribution in [2.24, 2.45) is 0 Å². The highest BCUT2D eigenvalue weighted by molar-refractivity contribution is 5.68. The number of carbonyl (C=O) groups is 2. The van der Waals surface area contributed by atoms with Crippen LogP contribution in [0.15, 0.2) is 30.3 Å². The van der Waals surface area contributed by atoms with Gasteiger partial charge < -0.3 is 14.4 Å². The lowest BCUT2D eigenvalue weighted by atomic mass is 10.2. The monoisotopic (exact) mass is 307 g/mol. The first-order valence-corrected chi connectivity index (χ1v) is 7.33. The zero-order valence-corrected chi connectivity index (χ0v) is 12.7. The summed E-state index contributed by atoms with van der Waals surface area (Å²) in [5.74, 6) is 0. The van der Waals surface area contributed by atoms with Crippen molar-refractivity contribution in [3.8, 4) is 0 Å². The molecule has 120 valence electrons. The van der Waals surface area contributed by atoms with Crippen LogP contribution in [0.25, 0.3) is 0 Å². The third kappa shape index (κ3) is 4.92. The van der Waals surface area contributed by atoms with E-state index >= 15 is 0 Å². The molecule has 1 fully saturated rings. The Morgan fingerprint density at radius 2 is 1.77 bits per heavy atom. The molecular weight excluding hydrogens is 286 g/mol. The van der Waals surface area contributed by atoms with E-state index in [9.17, 15) is 9.59 Å². The molecule has 1 aromatic rings. The number of hydrogen-bond donors (Lipinski definition) is 1. The molecule has 1 aliphatic rings. The van der Waals surface area contributed by atoms with Crippen molar-refractivity contribution < 1.29 is 19.1 Å². The lowest BCUT2D eigenvalue weighted by Gasteiger charge is -2.33. The zero-order chi connectivity index (χ0) is 15.8. The van der Waals surface area contributed by atoms with Crippen LogP contribution in [-0.4, -0.2) is 54.9 Å². The molecule has 0 bridgehead atoms. The Kier molecular flexibility index (Phi) is 6.02. The van der Waals surface area contributed by atoms with Gasteiger partial charge in [-0.2, -0.15) is 0 Å². The van der Waals surface area contributed by atoms with Crippen molar-refractivity contribution in [3.05, 3.63) is 35.9 Å². The first kappa shape index (κ1) is 16.1. The maximum atomic E-state index is 12.0. The summed E-state index contributed by atoms with van der Waals surface area (Å²) in [6.07, 6.45) is -0.803. The SMILES string of the molecule is CCOC(=O)NN1CCN(C(=O)OCc2ccccc2)CC1. The van der Waals surface area contributed by atoms with Crippen LogP contribution in [0.5, 0.6) is 0 Å². The molecule has 2 amide bonds. The summed E-state index contributed by atoms with van der Waals surface area (Å²) in [6, 6.07) is 9.55. The second-order valence-electron chi connectivity index (χ2n) is 4.85. The van der Waals surface area contributed by atoms with E-state index < -0.39 is 6.09 Å². The van der Waals surface area contributed by atoms with Crippen molar-refractivity contribution in [2.45, 2.75) is 13.5 Å². The minimum absolute atomic E-state index is 0.265. The van der Waals surface area contributed by atoms with Crippen molar-refractivity contribution in [3.63, 3.8) is 0 Å². The molecular formula is C15H21N3O4. The maximum Gasteiger partial charge on any atom is 0.421 e. The smallest absolute Gasteiger partial charge is 0.421 e. The van der Waals surface area contributed by atoms with Crippen LogP contribution in [0.4, 0.5) is 9.59 Å². The third-order valence-electron chi connectivity index (χ3n) is 3.27. The van der Waals surface area contributed by atoms with Crippen LogP contribution in [0.3, 0.4) is 0 Å². The maximum absolute atomic E-state index is 12.0. The highest BCUT2D eigenvalue weighted by Gasteiger charge is 2.23. The summed E-state index contributed by atoms with van der Waals surface area (Å²) >= 11 is 0. The topological polar surface area (TPSA) is 71.1 Å². The average molecular weight is 307 g/mol. The van der Waals surface area contributed by atoms with Crippen molar-refractivity contribution in [2.75, 3.05) is 32.8 Å². The molecule has 1 heterocycles. The van der Waals surface area contributed by atoms with Gasteiger partial charge in [-0.05, 0) is 12.5 Å². The number of piperazine rings is 1. The van der Waals surface area contributed by atoms with E-state index in [0.717, 1.165) is 5.56 Å². The van der Waals surface area contributed by atoms with Gasteiger partial charge in [0.1, 0.15) is 6.61 Å². The van der Waals surface area contributed by atoms with Crippen molar-refractivity contribution in [1.29, 1.82) is 0 Å². The van der Waals surface area contributed by atoms with Gasteiger partial charge >= 0.3 is 12.2 Å². The lowest BCUT2D eigenvalue weighted by Crippen LogP contribution is -2.54. The number of nitrogens with zero attached hydrogens (tertiary/aromatic N) is 2. The quantitative estimate of drug-likeness (QED) is 0.915. The van der Waals surface area contributed by atoms with Crippen LogP contribution in [-0.2, 0) is 16.1 Å². The highest BCUT2D eigenvalue weighted by atomic mass is 16.6. The molecule has 0 aromatic heterocycles. The summed E-state index contributed by atoms with van der Waals surface area (Å²) in [4.78, 5) is 24.9. The zero-order valence-electron chi connectivity index (χ0n) is 12.7. The Hall–Kier alpha value is -2.28. The van der Waals surface area contributed by atoms with Gasteiger partial charge in [-0.25, -0.2) is 14.6 Å². The summed E-state index contributed by atoms with van der Waals surface area (Å²) in [7, 11) is 0. The fraction of sp³-hybridized carbons (Fsp3) is 0.467. The number of hydrogen-bond acceptors (Lipinski definition) is 5. The Labute approximate surface area is 129 Å².